The molecular formula is C11H22O2Si. The number of ether oxygens (including phenoxy) is 1. The van der Waals surface area contributed by atoms with Crippen molar-refractivity contribution >= 4 is 8.07 Å². The lowest BCUT2D eigenvalue weighted by molar-refractivity contribution is -0.0392. The molecule has 1 aliphatic carbocycles. The first-order valence-corrected chi connectivity index (χ1v) is 9.28. The largest absolute Gasteiger partial charge is 0.387 e. The molecule has 1 aliphatic heterocycles. The second-order valence-corrected chi connectivity index (χ2v) is 11.3. The fourth-order valence-electron chi connectivity index (χ4n) is 3.01. The Morgan fingerprint density at radius 3 is 1.93 bits per heavy atom. The average molecular weight is 214 g/mol. The lowest BCUT2D eigenvalue weighted by Gasteiger charge is -2.43. The van der Waals surface area contributed by atoms with Crippen molar-refractivity contribution in [1.82, 2.24) is 0 Å². The highest BCUT2D eigenvalue weighted by Gasteiger charge is 2.67. The molecule has 2 aliphatic rings. The van der Waals surface area contributed by atoms with Gasteiger partial charge >= 0.3 is 0 Å². The summed E-state index contributed by atoms with van der Waals surface area (Å²) < 4.78 is 5.71. The van der Waals surface area contributed by atoms with Crippen LogP contribution in [0.1, 0.15) is 32.1 Å². The fourth-order valence-corrected chi connectivity index (χ4v) is 5.60. The molecule has 2 fully saturated rings. The van der Waals surface area contributed by atoms with Gasteiger partial charge in [0, 0.05) is 0 Å². The summed E-state index contributed by atoms with van der Waals surface area (Å²) in [5.74, 6) is 0. The molecule has 1 heterocycles. The van der Waals surface area contributed by atoms with Gasteiger partial charge in [0.25, 0.3) is 0 Å². The van der Waals surface area contributed by atoms with E-state index in [1.165, 1.54) is 19.3 Å². The summed E-state index contributed by atoms with van der Waals surface area (Å²) in [5, 5.41) is 10.6. The van der Waals surface area contributed by atoms with Crippen molar-refractivity contribution in [3.8, 4) is 0 Å². The van der Waals surface area contributed by atoms with E-state index in [4.69, 9.17) is 4.74 Å². The molecule has 0 bridgehead atoms. The topological polar surface area (TPSA) is 32.8 Å². The molecule has 0 aromatic heterocycles. The molecule has 2 nitrogen and oxygen atoms in total. The van der Waals surface area contributed by atoms with Crippen molar-refractivity contribution in [2.75, 3.05) is 6.61 Å². The normalized spacial score (nSPS) is 36.9. The van der Waals surface area contributed by atoms with Gasteiger partial charge in [0.2, 0.25) is 0 Å². The summed E-state index contributed by atoms with van der Waals surface area (Å²) in [5.41, 5.74) is -0.490. The number of aliphatic hydroxyl groups is 1. The minimum absolute atomic E-state index is 0.111. The van der Waals surface area contributed by atoms with Crippen molar-refractivity contribution in [2.24, 2.45) is 0 Å². The third-order valence-electron chi connectivity index (χ3n) is 4.08. The van der Waals surface area contributed by atoms with Crippen LogP contribution in [-0.4, -0.2) is 30.6 Å². The molecule has 14 heavy (non-hydrogen) atoms. The first-order chi connectivity index (χ1) is 6.41. The lowest BCUT2D eigenvalue weighted by atomic mass is 9.82. The van der Waals surface area contributed by atoms with Crippen LogP contribution in [0.15, 0.2) is 0 Å². The van der Waals surface area contributed by atoms with E-state index >= 15 is 0 Å². The third kappa shape index (κ3) is 1.37. The predicted octanol–water partition coefficient (Wildman–Crippen LogP) is 2.33. The van der Waals surface area contributed by atoms with Gasteiger partial charge in [0.05, 0.1) is 20.3 Å². The molecule has 82 valence electrons. The molecule has 2 rings (SSSR count). The number of hydrogen-bond acceptors (Lipinski definition) is 2. The molecule has 1 N–H and O–H groups in total. The first-order valence-electron chi connectivity index (χ1n) is 5.78. The maximum atomic E-state index is 10.7. The monoisotopic (exact) mass is 214 g/mol. The van der Waals surface area contributed by atoms with Gasteiger partial charge in [0.1, 0.15) is 5.22 Å². The summed E-state index contributed by atoms with van der Waals surface area (Å²) in [6, 6.07) is 0. The zero-order chi connectivity index (χ0) is 10.4. The van der Waals surface area contributed by atoms with E-state index in [0.717, 1.165) is 19.4 Å². The Morgan fingerprint density at radius 2 is 1.57 bits per heavy atom. The highest BCUT2D eigenvalue weighted by Crippen LogP contribution is 2.51. The second-order valence-electron chi connectivity index (χ2n) is 5.96. The van der Waals surface area contributed by atoms with Crippen molar-refractivity contribution in [3.05, 3.63) is 0 Å². The molecule has 1 unspecified atom stereocenters. The maximum absolute atomic E-state index is 10.7. The van der Waals surface area contributed by atoms with Gasteiger partial charge < -0.3 is 9.84 Å². The van der Waals surface area contributed by atoms with E-state index in [1.54, 1.807) is 0 Å². The van der Waals surface area contributed by atoms with E-state index in [2.05, 4.69) is 19.6 Å². The first kappa shape index (κ1) is 10.6. The fraction of sp³-hybridized carbons (Fsp3) is 1.00. The quantitative estimate of drug-likeness (QED) is 0.565. The minimum Gasteiger partial charge on any atom is -0.387 e. The Kier molecular flexibility index (Phi) is 2.33. The van der Waals surface area contributed by atoms with E-state index < -0.39 is 13.7 Å². The van der Waals surface area contributed by atoms with Crippen LogP contribution < -0.4 is 0 Å². The Hall–Kier alpha value is 0.137. The van der Waals surface area contributed by atoms with Crippen LogP contribution in [0.4, 0.5) is 0 Å². The summed E-state index contributed by atoms with van der Waals surface area (Å²) in [4.78, 5) is 0. The van der Waals surface area contributed by atoms with Crippen LogP contribution in [-0.2, 0) is 4.74 Å². The molecule has 1 saturated carbocycles. The molecule has 0 amide bonds. The summed E-state index contributed by atoms with van der Waals surface area (Å²) in [6.45, 7) is 7.74. The Morgan fingerprint density at radius 1 is 1.07 bits per heavy atom. The lowest BCUT2D eigenvalue weighted by Crippen LogP contribution is -2.59. The van der Waals surface area contributed by atoms with Crippen molar-refractivity contribution in [2.45, 2.75) is 62.6 Å². The Bertz CT molecular complexity index is 222. The van der Waals surface area contributed by atoms with Gasteiger partial charge in [-0.15, -0.1) is 0 Å². The summed E-state index contributed by atoms with van der Waals surface area (Å²) >= 11 is 0. The van der Waals surface area contributed by atoms with Crippen LogP contribution in [0, 0.1) is 0 Å². The van der Waals surface area contributed by atoms with Gasteiger partial charge in [-0.2, -0.15) is 0 Å². The second kappa shape index (κ2) is 3.06. The van der Waals surface area contributed by atoms with Crippen molar-refractivity contribution < 1.29 is 9.84 Å². The van der Waals surface area contributed by atoms with Gasteiger partial charge in [-0.1, -0.05) is 38.9 Å². The molecule has 0 radical (unpaired) electrons. The average Bonchev–Trinajstić information content (AvgIpc) is 2.83. The number of rotatable bonds is 2. The van der Waals surface area contributed by atoms with Gasteiger partial charge in [0.15, 0.2) is 0 Å². The predicted molar refractivity (Wildman–Crippen MR) is 60.1 cm³/mol. The molecule has 3 heteroatoms. The van der Waals surface area contributed by atoms with Crippen LogP contribution >= 0.6 is 0 Å². The highest BCUT2D eigenvalue weighted by molar-refractivity contribution is 6.80. The third-order valence-corrected chi connectivity index (χ3v) is 7.25. The maximum Gasteiger partial charge on any atom is 0.109 e. The zero-order valence-corrected chi connectivity index (χ0v) is 10.6. The number of hydrogen-bond donors (Lipinski definition) is 1. The van der Waals surface area contributed by atoms with Crippen LogP contribution in [0.2, 0.25) is 19.6 Å². The van der Waals surface area contributed by atoms with Gasteiger partial charge in [-0.05, 0) is 12.8 Å². The molecule has 1 saturated heterocycles. The highest BCUT2D eigenvalue weighted by atomic mass is 28.3. The molecule has 1 atom stereocenters. The van der Waals surface area contributed by atoms with E-state index in [0.29, 0.717) is 0 Å². The Balaban J connectivity index is 2.20. The molecule has 0 aromatic rings. The van der Waals surface area contributed by atoms with E-state index in [1.807, 2.05) is 0 Å². The van der Waals surface area contributed by atoms with Crippen molar-refractivity contribution in [3.63, 3.8) is 0 Å². The summed E-state index contributed by atoms with van der Waals surface area (Å²) in [7, 11) is -1.41. The van der Waals surface area contributed by atoms with Crippen LogP contribution in [0.5, 0.6) is 0 Å². The number of epoxide rings is 1. The standard InChI is InChI=1S/C11H22O2Si/c1-14(2,3)11(9-13-11)10(12)7-5-4-6-8-10/h12H,4-9H2,1-3H3. The van der Waals surface area contributed by atoms with Crippen LogP contribution in [0.3, 0.4) is 0 Å². The minimum atomic E-state index is -1.41. The smallest absolute Gasteiger partial charge is 0.109 e. The van der Waals surface area contributed by atoms with E-state index in [-0.39, 0.29) is 5.22 Å². The molecule has 0 aromatic carbocycles. The van der Waals surface area contributed by atoms with Gasteiger partial charge in [-0.25, -0.2) is 0 Å². The van der Waals surface area contributed by atoms with Crippen molar-refractivity contribution in [1.29, 1.82) is 0 Å². The molecule has 0 spiro atoms. The molecular weight excluding hydrogens is 192 g/mol. The van der Waals surface area contributed by atoms with Gasteiger partial charge in [-0.3, -0.25) is 0 Å². The zero-order valence-electron chi connectivity index (χ0n) is 9.60. The van der Waals surface area contributed by atoms with Crippen LogP contribution in [0.25, 0.3) is 0 Å². The summed E-state index contributed by atoms with van der Waals surface area (Å²) in [6.07, 6.45) is 5.54. The SMILES string of the molecule is C[Si](C)(C)C1(C2(O)CCCCC2)CO1. The Labute approximate surface area is 87.7 Å². The van der Waals surface area contributed by atoms with E-state index in [9.17, 15) is 5.11 Å².